The molecule has 4 nitrogen and oxygen atoms in total. The molecule has 1 aromatic carbocycles. The number of aliphatic carboxylic acids is 1. The van der Waals surface area contributed by atoms with Crippen molar-refractivity contribution in [3.63, 3.8) is 0 Å². The lowest BCUT2D eigenvalue weighted by molar-refractivity contribution is -0.137. The van der Waals surface area contributed by atoms with Gasteiger partial charge in [0.1, 0.15) is 0 Å². The van der Waals surface area contributed by atoms with Crippen LogP contribution in [-0.4, -0.2) is 36.7 Å². The first-order chi connectivity index (χ1) is 8.02. The zero-order valence-corrected chi connectivity index (χ0v) is 9.94. The minimum Gasteiger partial charge on any atom is -0.494 e. The molecule has 0 atom stereocenters. The van der Waals surface area contributed by atoms with Gasteiger partial charge in [-0.3, -0.25) is 4.79 Å². The maximum atomic E-state index is 13.1. The van der Waals surface area contributed by atoms with Gasteiger partial charge in [-0.1, -0.05) is 6.07 Å². The second-order valence-electron chi connectivity index (χ2n) is 3.85. The molecule has 1 aromatic rings. The first-order valence-electron chi connectivity index (χ1n) is 5.25. The molecule has 94 valence electrons. The first-order valence-corrected chi connectivity index (χ1v) is 5.25. The number of nitrogens with zero attached hydrogens (tertiary/aromatic N) is 1. The summed E-state index contributed by atoms with van der Waals surface area (Å²) in [4.78, 5) is 12.3. The summed E-state index contributed by atoms with van der Waals surface area (Å²) in [7, 11) is 3.23. The van der Waals surface area contributed by atoms with Crippen LogP contribution in [0.3, 0.4) is 0 Å². The van der Waals surface area contributed by atoms with Gasteiger partial charge in [0.05, 0.1) is 13.5 Å². The molecule has 0 spiro atoms. The summed E-state index contributed by atoms with van der Waals surface area (Å²) in [6.45, 7) is 1.01. The first kappa shape index (κ1) is 13.4. The summed E-state index contributed by atoms with van der Waals surface area (Å²) in [5.41, 5.74) is 0.885. The van der Waals surface area contributed by atoms with Gasteiger partial charge in [-0.2, -0.15) is 0 Å². The molecule has 0 heterocycles. The number of carboxylic acid groups (broad SMARTS) is 1. The monoisotopic (exact) mass is 241 g/mol. The zero-order chi connectivity index (χ0) is 12.8. The van der Waals surface area contributed by atoms with Crippen molar-refractivity contribution >= 4 is 5.97 Å². The highest BCUT2D eigenvalue weighted by Crippen LogP contribution is 2.18. The van der Waals surface area contributed by atoms with Crippen molar-refractivity contribution in [3.8, 4) is 5.75 Å². The Labute approximate surface area is 99.6 Å². The molecule has 1 rings (SSSR count). The molecule has 0 aliphatic carbocycles. The molecule has 0 unspecified atom stereocenters. The number of hydrogen-bond donors (Lipinski definition) is 1. The summed E-state index contributed by atoms with van der Waals surface area (Å²) in [6.07, 6.45) is 0.0921. The number of carboxylic acids is 1. The second kappa shape index (κ2) is 6.20. The minimum absolute atomic E-state index is 0.0921. The maximum Gasteiger partial charge on any atom is 0.304 e. The van der Waals surface area contributed by atoms with Crippen LogP contribution in [0, 0.1) is 5.82 Å². The molecule has 0 fully saturated rings. The van der Waals surface area contributed by atoms with E-state index in [4.69, 9.17) is 9.84 Å². The van der Waals surface area contributed by atoms with E-state index in [0.29, 0.717) is 13.1 Å². The molecule has 0 aromatic heterocycles. The lowest BCUT2D eigenvalue weighted by Gasteiger charge is -2.16. The van der Waals surface area contributed by atoms with E-state index < -0.39 is 11.8 Å². The molecule has 0 aliphatic rings. The highest BCUT2D eigenvalue weighted by Gasteiger charge is 2.07. The summed E-state index contributed by atoms with van der Waals surface area (Å²) in [6, 6.07) is 4.63. The van der Waals surface area contributed by atoms with E-state index in [1.807, 2.05) is 11.9 Å². The molecule has 0 radical (unpaired) electrons. The van der Waals surface area contributed by atoms with Gasteiger partial charge >= 0.3 is 5.97 Å². The number of halogens is 1. The summed E-state index contributed by atoms with van der Waals surface area (Å²) < 4.78 is 18.0. The Kier molecular flexibility index (Phi) is 4.90. The Morgan fingerprint density at radius 1 is 1.53 bits per heavy atom. The summed E-state index contributed by atoms with van der Waals surface area (Å²) in [5.74, 6) is -1.02. The average molecular weight is 241 g/mol. The van der Waals surface area contributed by atoms with E-state index in [-0.39, 0.29) is 12.2 Å². The summed E-state index contributed by atoms with van der Waals surface area (Å²) >= 11 is 0. The maximum absolute atomic E-state index is 13.1. The fourth-order valence-corrected chi connectivity index (χ4v) is 1.48. The highest BCUT2D eigenvalue weighted by molar-refractivity contribution is 5.66. The molecule has 0 aliphatic heterocycles. The number of ether oxygens (including phenoxy) is 1. The molecule has 0 amide bonds. The summed E-state index contributed by atoms with van der Waals surface area (Å²) in [5, 5.41) is 8.55. The van der Waals surface area contributed by atoms with Crippen LogP contribution in [0.15, 0.2) is 18.2 Å². The van der Waals surface area contributed by atoms with Crippen LogP contribution in [-0.2, 0) is 11.3 Å². The van der Waals surface area contributed by atoms with Crippen LogP contribution in [0.2, 0.25) is 0 Å². The molecule has 17 heavy (non-hydrogen) atoms. The number of methoxy groups -OCH3 is 1. The van der Waals surface area contributed by atoms with Crippen LogP contribution in [0.25, 0.3) is 0 Å². The quantitative estimate of drug-likeness (QED) is 0.824. The molecular formula is C12H16FNO3. The standard InChI is InChI=1S/C12H16FNO3/c1-14(6-5-12(15)16)8-9-3-4-10(13)11(7-9)17-2/h3-4,7H,5-6,8H2,1-2H3,(H,15,16). The van der Waals surface area contributed by atoms with E-state index in [1.54, 1.807) is 12.1 Å². The SMILES string of the molecule is COc1cc(CN(C)CCC(=O)O)ccc1F. The third kappa shape index (κ3) is 4.40. The molecular weight excluding hydrogens is 225 g/mol. The fraction of sp³-hybridized carbons (Fsp3) is 0.417. The fourth-order valence-electron chi connectivity index (χ4n) is 1.48. The van der Waals surface area contributed by atoms with Crippen LogP contribution < -0.4 is 4.74 Å². The van der Waals surface area contributed by atoms with E-state index in [1.165, 1.54) is 13.2 Å². The number of hydrogen-bond acceptors (Lipinski definition) is 3. The number of carbonyl (C=O) groups is 1. The van der Waals surface area contributed by atoms with Gasteiger partial charge in [0.15, 0.2) is 11.6 Å². The van der Waals surface area contributed by atoms with Gasteiger partial charge in [0, 0.05) is 13.1 Å². The topological polar surface area (TPSA) is 49.8 Å². The highest BCUT2D eigenvalue weighted by atomic mass is 19.1. The molecule has 0 bridgehead atoms. The lowest BCUT2D eigenvalue weighted by Crippen LogP contribution is -2.21. The lowest BCUT2D eigenvalue weighted by atomic mass is 10.2. The second-order valence-corrected chi connectivity index (χ2v) is 3.85. The van der Waals surface area contributed by atoms with E-state index in [0.717, 1.165) is 5.56 Å². The van der Waals surface area contributed by atoms with Crippen molar-refractivity contribution in [2.75, 3.05) is 20.7 Å². The Morgan fingerprint density at radius 3 is 2.82 bits per heavy atom. The van der Waals surface area contributed by atoms with E-state index in [2.05, 4.69) is 0 Å². The Balaban J connectivity index is 2.59. The number of benzene rings is 1. The normalized spacial score (nSPS) is 10.6. The molecule has 0 saturated carbocycles. The van der Waals surface area contributed by atoms with Gasteiger partial charge in [0.25, 0.3) is 0 Å². The predicted molar refractivity (Wildman–Crippen MR) is 61.5 cm³/mol. The van der Waals surface area contributed by atoms with Crippen molar-refractivity contribution in [3.05, 3.63) is 29.6 Å². The van der Waals surface area contributed by atoms with Crippen molar-refractivity contribution in [2.45, 2.75) is 13.0 Å². The van der Waals surface area contributed by atoms with Crippen LogP contribution in [0.4, 0.5) is 4.39 Å². The average Bonchev–Trinajstić information content (AvgIpc) is 2.29. The van der Waals surface area contributed by atoms with Crippen LogP contribution >= 0.6 is 0 Å². The van der Waals surface area contributed by atoms with Gasteiger partial charge in [0.2, 0.25) is 0 Å². The molecule has 0 saturated heterocycles. The van der Waals surface area contributed by atoms with Gasteiger partial charge in [-0.05, 0) is 24.7 Å². The van der Waals surface area contributed by atoms with Gasteiger partial charge < -0.3 is 14.7 Å². The zero-order valence-electron chi connectivity index (χ0n) is 9.94. The Morgan fingerprint density at radius 2 is 2.24 bits per heavy atom. The Hall–Kier alpha value is -1.62. The van der Waals surface area contributed by atoms with Crippen LogP contribution in [0.5, 0.6) is 5.75 Å². The molecule has 5 heteroatoms. The van der Waals surface area contributed by atoms with Crippen molar-refractivity contribution in [2.24, 2.45) is 0 Å². The largest absolute Gasteiger partial charge is 0.494 e. The third-order valence-corrected chi connectivity index (χ3v) is 2.38. The van der Waals surface area contributed by atoms with Crippen molar-refractivity contribution in [1.82, 2.24) is 4.90 Å². The smallest absolute Gasteiger partial charge is 0.304 e. The minimum atomic E-state index is -0.825. The Bertz CT molecular complexity index is 395. The molecule has 1 N–H and O–H groups in total. The third-order valence-electron chi connectivity index (χ3n) is 2.38. The van der Waals surface area contributed by atoms with Crippen molar-refractivity contribution in [1.29, 1.82) is 0 Å². The predicted octanol–water partition coefficient (Wildman–Crippen LogP) is 1.74. The van der Waals surface area contributed by atoms with Gasteiger partial charge in [-0.25, -0.2) is 4.39 Å². The van der Waals surface area contributed by atoms with E-state index >= 15 is 0 Å². The van der Waals surface area contributed by atoms with Crippen LogP contribution in [0.1, 0.15) is 12.0 Å². The number of rotatable bonds is 6. The van der Waals surface area contributed by atoms with Crippen molar-refractivity contribution < 1.29 is 19.0 Å². The van der Waals surface area contributed by atoms with Gasteiger partial charge in [-0.15, -0.1) is 0 Å². The van der Waals surface area contributed by atoms with E-state index in [9.17, 15) is 9.18 Å².